The van der Waals surface area contributed by atoms with Crippen molar-refractivity contribution in [1.82, 2.24) is 19.9 Å². The fraction of sp³-hybridized carbons (Fsp3) is 0.300. The van der Waals surface area contributed by atoms with Crippen LogP contribution < -0.4 is 0 Å². The number of furan rings is 1. The molecule has 0 saturated heterocycles. The molecule has 0 spiro atoms. The first-order valence-electron chi connectivity index (χ1n) is 8.68. The maximum Gasteiger partial charge on any atom is 0.178 e. The van der Waals surface area contributed by atoms with Crippen molar-refractivity contribution in [2.45, 2.75) is 33.4 Å². The second-order valence-electron chi connectivity index (χ2n) is 6.44. The minimum Gasteiger partial charge on any atom is -0.459 e. The number of fused-ring (bicyclic) bond motifs is 2. The van der Waals surface area contributed by atoms with Crippen LogP contribution in [-0.4, -0.2) is 26.4 Å². The number of nitrogens with one attached hydrogen (secondary N) is 1. The van der Waals surface area contributed by atoms with Gasteiger partial charge in [-0.05, 0) is 44.2 Å². The van der Waals surface area contributed by atoms with Crippen LogP contribution in [0.2, 0.25) is 0 Å². The number of pyridine rings is 1. The number of H-pyrrole nitrogens is 1. The van der Waals surface area contributed by atoms with Gasteiger partial charge in [0.25, 0.3) is 0 Å². The van der Waals surface area contributed by atoms with Crippen LogP contribution in [0.1, 0.15) is 37.0 Å². The van der Waals surface area contributed by atoms with Gasteiger partial charge in [0.05, 0.1) is 18.1 Å². The maximum absolute atomic E-state index is 6.04. The minimum atomic E-state index is 0.166. The van der Waals surface area contributed by atoms with Crippen LogP contribution in [0.3, 0.4) is 0 Å². The van der Waals surface area contributed by atoms with Gasteiger partial charge in [0, 0.05) is 11.6 Å². The van der Waals surface area contributed by atoms with Gasteiger partial charge in [0.1, 0.15) is 17.2 Å². The Morgan fingerprint density at radius 1 is 1.24 bits per heavy atom. The molecule has 25 heavy (non-hydrogen) atoms. The van der Waals surface area contributed by atoms with Gasteiger partial charge in [-0.3, -0.25) is 4.90 Å². The molecule has 1 atom stereocenters. The van der Waals surface area contributed by atoms with E-state index >= 15 is 0 Å². The summed E-state index contributed by atoms with van der Waals surface area (Å²) in [4.78, 5) is 14.7. The third-order valence-electron chi connectivity index (χ3n) is 4.81. The quantitative estimate of drug-likeness (QED) is 0.580. The number of nitrogens with zero attached hydrogens (tertiary/aromatic N) is 3. The molecule has 128 valence electrons. The largest absolute Gasteiger partial charge is 0.459 e. The minimum absolute atomic E-state index is 0.166. The SMILES string of the molecule is CCN(Cc1nc2nccc(C)c2[nH]1)[C@@H](C)c1cc2ccccc2o1. The smallest absolute Gasteiger partial charge is 0.178 e. The van der Waals surface area contributed by atoms with Crippen LogP contribution in [0.5, 0.6) is 0 Å². The van der Waals surface area contributed by atoms with E-state index in [0.717, 1.165) is 52.4 Å². The first-order chi connectivity index (χ1) is 12.2. The van der Waals surface area contributed by atoms with E-state index in [4.69, 9.17) is 4.42 Å². The highest BCUT2D eigenvalue weighted by Crippen LogP contribution is 2.28. The molecule has 0 aliphatic carbocycles. The van der Waals surface area contributed by atoms with E-state index in [9.17, 15) is 0 Å². The van der Waals surface area contributed by atoms with Crippen molar-refractivity contribution in [2.75, 3.05) is 6.54 Å². The van der Waals surface area contributed by atoms with Crippen molar-refractivity contribution in [2.24, 2.45) is 0 Å². The summed E-state index contributed by atoms with van der Waals surface area (Å²) in [5, 5.41) is 1.14. The second kappa shape index (κ2) is 6.33. The van der Waals surface area contributed by atoms with E-state index in [1.165, 1.54) is 0 Å². The molecule has 0 bridgehead atoms. The molecule has 0 unspecified atom stereocenters. The molecular formula is C20H22N4O. The van der Waals surface area contributed by atoms with Crippen LogP contribution in [0, 0.1) is 6.92 Å². The molecule has 4 rings (SSSR count). The number of para-hydroxylation sites is 1. The Morgan fingerprint density at radius 2 is 2.08 bits per heavy atom. The van der Waals surface area contributed by atoms with Gasteiger partial charge in [0.2, 0.25) is 0 Å². The number of aromatic nitrogens is 3. The Labute approximate surface area is 146 Å². The Balaban J connectivity index is 1.61. The van der Waals surface area contributed by atoms with Crippen molar-refractivity contribution < 1.29 is 4.42 Å². The van der Waals surface area contributed by atoms with Crippen LogP contribution in [0.15, 0.2) is 47.0 Å². The number of rotatable bonds is 5. The first-order valence-corrected chi connectivity index (χ1v) is 8.68. The molecule has 3 heterocycles. The molecule has 0 aliphatic rings. The normalized spacial score (nSPS) is 13.1. The lowest BCUT2D eigenvalue weighted by atomic mass is 10.2. The van der Waals surface area contributed by atoms with Crippen LogP contribution in [0.25, 0.3) is 22.1 Å². The van der Waals surface area contributed by atoms with E-state index in [2.05, 4.69) is 52.8 Å². The van der Waals surface area contributed by atoms with Crippen LogP contribution in [0.4, 0.5) is 0 Å². The number of aromatic amines is 1. The molecule has 0 fully saturated rings. The fourth-order valence-electron chi connectivity index (χ4n) is 3.26. The zero-order valence-corrected chi connectivity index (χ0v) is 14.8. The molecule has 0 aliphatic heterocycles. The summed E-state index contributed by atoms with van der Waals surface area (Å²) in [7, 11) is 0. The van der Waals surface area contributed by atoms with Crippen LogP contribution in [-0.2, 0) is 6.54 Å². The third-order valence-corrected chi connectivity index (χ3v) is 4.81. The summed E-state index contributed by atoms with van der Waals surface area (Å²) in [6.07, 6.45) is 1.80. The summed E-state index contributed by atoms with van der Waals surface area (Å²) in [6.45, 7) is 8.03. The summed E-state index contributed by atoms with van der Waals surface area (Å²) >= 11 is 0. The van der Waals surface area contributed by atoms with Gasteiger partial charge in [0.15, 0.2) is 5.65 Å². The van der Waals surface area contributed by atoms with Crippen molar-refractivity contribution in [3.8, 4) is 0 Å². The van der Waals surface area contributed by atoms with Gasteiger partial charge in [-0.15, -0.1) is 0 Å². The lowest BCUT2D eigenvalue weighted by Crippen LogP contribution is -2.26. The van der Waals surface area contributed by atoms with Gasteiger partial charge >= 0.3 is 0 Å². The lowest BCUT2D eigenvalue weighted by molar-refractivity contribution is 0.187. The van der Waals surface area contributed by atoms with E-state index in [1.54, 1.807) is 6.20 Å². The van der Waals surface area contributed by atoms with Gasteiger partial charge in [-0.2, -0.15) is 0 Å². The average Bonchev–Trinajstić information content (AvgIpc) is 3.23. The summed E-state index contributed by atoms with van der Waals surface area (Å²) in [5.41, 5.74) is 3.90. The molecule has 0 saturated carbocycles. The van der Waals surface area contributed by atoms with Gasteiger partial charge in [-0.1, -0.05) is 25.1 Å². The average molecular weight is 334 g/mol. The standard InChI is InChI=1S/C20H22N4O/c1-4-24(12-18-22-19-13(2)9-10-21-20(19)23-18)14(3)17-11-15-7-5-6-8-16(15)25-17/h5-11,14H,4,12H2,1-3H3,(H,21,22,23)/t14-/m0/s1. The lowest BCUT2D eigenvalue weighted by Gasteiger charge is -2.25. The molecule has 4 aromatic rings. The molecule has 0 amide bonds. The van der Waals surface area contributed by atoms with E-state index < -0.39 is 0 Å². The number of aryl methyl sites for hydroxylation is 1. The Kier molecular flexibility index (Phi) is 4.01. The highest BCUT2D eigenvalue weighted by atomic mass is 16.3. The summed E-state index contributed by atoms with van der Waals surface area (Å²) in [6, 6.07) is 12.4. The predicted octanol–water partition coefficient (Wildman–Crippen LogP) is 4.60. The summed E-state index contributed by atoms with van der Waals surface area (Å²) < 4.78 is 6.04. The fourth-order valence-corrected chi connectivity index (χ4v) is 3.26. The molecule has 0 radical (unpaired) electrons. The second-order valence-corrected chi connectivity index (χ2v) is 6.44. The molecule has 5 nitrogen and oxygen atoms in total. The Bertz CT molecular complexity index is 984. The monoisotopic (exact) mass is 334 g/mol. The highest BCUT2D eigenvalue weighted by molar-refractivity contribution is 5.77. The van der Waals surface area contributed by atoms with Crippen molar-refractivity contribution in [3.05, 3.63) is 59.7 Å². The molecule has 1 N–H and O–H groups in total. The number of imidazole rings is 1. The number of benzene rings is 1. The number of hydrogen-bond donors (Lipinski definition) is 1. The van der Waals surface area contributed by atoms with Crippen molar-refractivity contribution in [1.29, 1.82) is 0 Å². The van der Waals surface area contributed by atoms with Gasteiger partial charge in [-0.25, -0.2) is 9.97 Å². The Morgan fingerprint density at radius 3 is 2.84 bits per heavy atom. The van der Waals surface area contributed by atoms with E-state index in [0.29, 0.717) is 0 Å². The predicted molar refractivity (Wildman–Crippen MR) is 99.3 cm³/mol. The Hall–Kier alpha value is -2.66. The number of hydrogen-bond acceptors (Lipinski definition) is 4. The molecule has 3 aromatic heterocycles. The van der Waals surface area contributed by atoms with E-state index in [-0.39, 0.29) is 6.04 Å². The third kappa shape index (κ3) is 2.91. The molecule has 5 heteroatoms. The topological polar surface area (TPSA) is 58.0 Å². The maximum atomic E-state index is 6.04. The highest BCUT2D eigenvalue weighted by Gasteiger charge is 2.20. The van der Waals surface area contributed by atoms with Crippen LogP contribution >= 0.6 is 0 Å². The van der Waals surface area contributed by atoms with E-state index in [1.807, 2.05) is 24.3 Å². The van der Waals surface area contributed by atoms with Gasteiger partial charge < -0.3 is 9.40 Å². The molecule has 1 aromatic carbocycles. The zero-order valence-electron chi connectivity index (χ0n) is 14.8. The summed E-state index contributed by atoms with van der Waals surface area (Å²) in [5.74, 6) is 1.91. The first kappa shape index (κ1) is 15.8. The van der Waals surface area contributed by atoms with Crippen molar-refractivity contribution in [3.63, 3.8) is 0 Å². The molecular weight excluding hydrogens is 312 g/mol. The van der Waals surface area contributed by atoms with Crippen molar-refractivity contribution >= 4 is 22.1 Å². The zero-order chi connectivity index (χ0) is 17.4.